The lowest BCUT2D eigenvalue weighted by atomic mass is 9.98. The quantitative estimate of drug-likeness (QED) is 0.136. The van der Waals surface area contributed by atoms with Gasteiger partial charge in [0.1, 0.15) is 6.17 Å². The lowest BCUT2D eigenvalue weighted by Gasteiger charge is -2.26. The third-order valence-electron chi connectivity index (χ3n) is 9.89. The van der Waals surface area contributed by atoms with Crippen LogP contribution in [0.3, 0.4) is 0 Å². The van der Waals surface area contributed by atoms with Crippen LogP contribution in [0.2, 0.25) is 0 Å². The monoisotopic (exact) mass is 644 g/mol. The summed E-state index contributed by atoms with van der Waals surface area (Å²) >= 11 is 0. The van der Waals surface area contributed by atoms with E-state index in [1.165, 1.54) is 43.5 Å². The summed E-state index contributed by atoms with van der Waals surface area (Å²) in [4.78, 5) is 5.35. The van der Waals surface area contributed by atoms with Crippen molar-refractivity contribution in [3.63, 3.8) is 0 Å². The van der Waals surface area contributed by atoms with Gasteiger partial charge in [-0.2, -0.15) is 0 Å². The lowest BCUT2D eigenvalue weighted by molar-refractivity contribution is 0.663. The van der Waals surface area contributed by atoms with Gasteiger partial charge in [-0.1, -0.05) is 116 Å². The molecule has 0 aliphatic carbocycles. The molecular weight excluding hydrogens is 609 g/mol. The average molecular weight is 645 g/mol. The van der Waals surface area contributed by atoms with Crippen LogP contribution >= 0.6 is 0 Å². The lowest BCUT2D eigenvalue weighted by Crippen LogP contribution is -2.25. The Morgan fingerprint density at radius 1 is 0.760 bits per heavy atom. The van der Waals surface area contributed by atoms with Crippen LogP contribution in [0.5, 0.6) is 0 Å². The Bertz CT molecular complexity index is 2700. The van der Waals surface area contributed by atoms with E-state index < -0.39 is 0 Å². The van der Waals surface area contributed by atoms with E-state index >= 15 is 0 Å². The Morgan fingerprint density at radius 2 is 1.56 bits per heavy atom. The van der Waals surface area contributed by atoms with E-state index in [1.54, 1.807) is 0 Å². The molecule has 0 spiro atoms. The molecule has 8 aromatic rings. The van der Waals surface area contributed by atoms with Crippen molar-refractivity contribution in [3.05, 3.63) is 187 Å². The van der Waals surface area contributed by atoms with Gasteiger partial charge in [-0.25, -0.2) is 0 Å². The Balaban J connectivity index is 1.30. The Kier molecular flexibility index (Phi) is 7.10. The summed E-state index contributed by atoms with van der Waals surface area (Å²) in [7, 11) is 2.13. The van der Waals surface area contributed by atoms with E-state index in [0.717, 1.165) is 44.9 Å². The highest BCUT2D eigenvalue weighted by Gasteiger charge is 2.24. The first-order valence-corrected chi connectivity index (χ1v) is 17.1. The van der Waals surface area contributed by atoms with Crippen molar-refractivity contribution in [2.45, 2.75) is 13.1 Å². The first kappa shape index (κ1) is 29.7. The molecule has 0 bridgehead atoms. The third-order valence-corrected chi connectivity index (χ3v) is 9.89. The fourth-order valence-electron chi connectivity index (χ4n) is 7.55. The molecule has 240 valence electrons. The van der Waals surface area contributed by atoms with Gasteiger partial charge in [-0.05, 0) is 82.6 Å². The molecular formula is C46H36N4. The van der Waals surface area contributed by atoms with Crippen LogP contribution in [0.25, 0.3) is 60.4 Å². The number of fused-ring (bicyclic) bond motifs is 2. The largest absolute Gasteiger partial charge is 0.360 e. The molecule has 9 rings (SSSR count). The number of aryl methyl sites for hydroxylation is 1. The van der Waals surface area contributed by atoms with Gasteiger partial charge >= 0.3 is 0 Å². The smallest absolute Gasteiger partial charge is 0.145 e. The molecule has 4 nitrogen and oxygen atoms in total. The number of rotatable bonds is 7. The van der Waals surface area contributed by atoms with Crippen LogP contribution in [-0.4, -0.2) is 14.8 Å². The maximum Gasteiger partial charge on any atom is 0.145 e. The fraction of sp³-hybridized carbons (Fsp3) is 0.0652. The highest BCUT2D eigenvalue weighted by atomic mass is 15.1. The minimum atomic E-state index is -0.325. The van der Waals surface area contributed by atoms with Crippen LogP contribution in [-0.2, 0) is 7.05 Å². The molecule has 0 radical (unpaired) electrons. The number of allylic oxidation sites excluding steroid dienone is 6. The number of hydrogen-bond acceptors (Lipinski definition) is 2. The molecule has 0 fully saturated rings. The molecule has 0 amide bonds. The summed E-state index contributed by atoms with van der Waals surface area (Å²) in [5.41, 5.74) is 12.0. The minimum absolute atomic E-state index is 0.325. The zero-order valence-electron chi connectivity index (χ0n) is 28.1. The third kappa shape index (κ3) is 4.88. The second kappa shape index (κ2) is 11.9. The van der Waals surface area contributed by atoms with Crippen LogP contribution in [0.1, 0.15) is 35.3 Å². The van der Waals surface area contributed by atoms with Gasteiger partial charge < -0.3 is 14.5 Å². The Hall–Kier alpha value is -6.39. The van der Waals surface area contributed by atoms with Crippen LogP contribution in [0, 0.1) is 0 Å². The Morgan fingerprint density at radius 3 is 2.36 bits per heavy atom. The highest BCUT2D eigenvalue weighted by molar-refractivity contribution is 6.29. The van der Waals surface area contributed by atoms with E-state index in [0.29, 0.717) is 0 Å². The van der Waals surface area contributed by atoms with E-state index in [-0.39, 0.29) is 6.17 Å². The van der Waals surface area contributed by atoms with E-state index in [1.807, 2.05) is 25.1 Å². The van der Waals surface area contributed by atoms with E-state index in [4.69, 9.17) is 4.99 Å². The van der Waals surface area contributed by atoms with Crippen LogP contribution < -0.4 is 5.32 Å². The number of nitrogens with zero attached hydrogens (tertiary/aromatic N) is 3. The number of nitrogens with one attached hydrogen (secondary N) is 1. The number of aliphatic imine (C=N–C) groups is 1. The Labute approximate surface area is 291 Å². The van der Waals surface area contributed by atoms with Crippen molar-refractivity contribution in [2.24, 2.45) is 12.0 Å². The molecule has 2 aromatic heterocycles. The molecule has 1 atom stereocenters. The molecule has 1 aliphatic rings. The normalized spacial score (nSPS) is 15.1. The zero-order valence-corrected chi connectivity index (χ0v) is 28.1. The predicted octanol–water partition coefficient (Wildman–Crippen LogP) is 11.1. The summed E-state index contributed by atoms with van der Waals surface area (Å²) in [6.07, 6.45) is 12.2. The summed E-state index contributed by atoms with van der Waals surface area (Å²) < 4.78 is 4.67. The summed E-state index contributed by atoms with van der Waals surface area (Å²) in [6.45, 7) is 6.55. The zero-order chi connectivity index (χ0) is 33.8. The van der Waals surface area contributed by atoms with Gasteiger partial charge in [0.05, 0.1) is 22.3 Å². The highest BCUT2D eigenvalue weighted by Crippen LogP contribution is 2.43. The van der Waals surface area contributed by atoms with Crippen molar-refractivity contribution in [3.8, 4) is 5.69 Å². The molecule has 1 unspecified atom stereocenters. The topological polar surface area (TPSA) is 34.2 Å². The molecule has 50 heavy (non-hydrogen) atoms. The molecule has 4 heteroatoms. The predicted molar refractivity (Wildman–Crippen MR) is 212 cm³/mol. The SMILES string of the molecule is C=C(/C=C\C=C/C)c1cc(C2N=C(c3ccccc3)C=C(c3ccccc3)N2)cc(-n2c3cccc4ccc5c(c43)c2cc2ccn(C)c25)c1. The van der Waals surface area contributed by atoms with Crippen LogP contribution in [0.4, 0.5) is 0 Å². The summed E-state index contributed by atoms with van der Waals surface area (Å²) in [6, 6.07) is 43.5. The van der Waals surface area contributed by atoms with Gasteiger partial charge in [-0.15, -0.1) is 0 Å². The summed E-state index contributed by atoms with van der Waals surface area (Å²) in [5, 5.41) is 10.1. The molecule has 0 saturated carbocycles. The molecule has 6 aromatic carbocycles. The summed E-state index contributed by atoms with van der Waals surface area (Å²) in [5.74, 6) is 0. The first-order chi connectivity index (χ1) is 24.6. The van der Waals surface area contributed by atoms with Gasteiger partial charge in [-0.3, -0.25) is 4.99 Å². The van der Waals surface area contributed by atoms with Crippen molar-refractivity contribution in [1.29, 1.82) is 0 Å². The molecule has 0 saturated heterocycles. The number of aromatic nitrogens is 2. The van der Waals surface area contributed by atoms with E-state index in [2.05, 4.69) is 168 Å². The minimum Gasteiger partial charge on any atom is -0.360 e. The van der Waals surface area contributed by atoms with Gasteiger partial charge in [0.25, 0.3) is 0 Å². The van der Waals surface area contributed by atoms with E-state index in [9.17, 15) is 0 Å². The second-order valence-electron chi connectivity index (χ2n) is 13.0. The standard InChI is InChI=1S/C46H36N4/c1-4-5-8-14-30(2)35-25-36(46-47-39(31-15-9-6-10-16-31)29-40(48-46)32-17-11-7-12-18-32)27-37(26-35)50-41-20-13-19-33-21-22-38-44(43(33)41)42(50)28-34-23-24-49(3)45(34)38/h4-29,46-47H,2H2,1,3H3/b5-4-,14-8-. The van der Waals surface area contributed by atoms with Crippen molar-refractivity contribution >= 4 is 60.5 Å². The number of hydrogen-bond donors (Lipinski definition) is 1. The van der Waals surface area contributed by atoms with Crippen molar-refractivity contribution < 1.29 is 0 Å². The molecule has 3 heterocycles. The average Bonchev–Trinajstić information content (AvgIpc) is 3.72. The fourth-order valence-corrected chi connectivity index (χ4v) is 7.55. The van der Waals surface area contributed by atoms with Crippen molar-refractivity contribution in [1.82, 2.24) is 14.5 Å². The van der Waals surface area contributed by atoms with Crippen molar-refractivity contribution in [2.75, 3.05) is 0 Å². The van der Waals surface area contributed by atoms with Gasteiger partial charge in [0.15, 0.2) is 0 Å². The number of benzene rings is 6. The molecule has 1 N–H and O–H groups in total. The maximum atomic E-state index is 5.35. The van der Waals surface area contributed by atoms with Gasteiger partial charge in [0, 0.05) is 46.2 Å². The molecule has 1 aliphatic heterocycles. The second-order valence-corrected chi connectivity index (χ2v) is 13.0. The first-order valence-electron chi connectivity index (χ1n) is 17.1. The van der Waals surface area contributed by atoms with Gasteiger partial charge in [0.2, 0.25) is 0 Å². The maximum absolute atomic E-state index is 5.35. The van der Waals surface area contributed by atoms with Crippen LogP contribution in [0.15, 0.2) is 169 Å².